The standard InChI is InChI=1S/C21H30N4O2S/c1-14-5-2-3-6-17(14)23-19(26)10-22-21(28)24-11-15-9-16(13-24)18-7-4-8-20(27)25(18)12-15/h4,7-8,14-17H,2-3,5-6,9-13H2,1H3,(H,22,28)(H,23,26)/t14-,15-,16+,17+/m1/s1. The predicted molar refractivity (Wildman–Crippen MR) is 113 cm³/mol. The molecule has 152 valence electrons. The molecule has 0 spiro atoms. The van der Waals surface area contributed by atoms with E-state index in [4.69, 9.17) is 12.2 Å². The molecule has 1 saturated heterocycles. The molecule has 1 aliphatic carbocycles. The first kappa shape index (κ1) is 19.4. The van der Waals surface area contributed by atoms with Crippen LogP contribution in [0.25, 0.3) is 0 Å². The molecule has 1 aromatic heterocycles. The first-order valence-electron chi connectivity index (χ1n) is 10.5. The van der Waals surface area contributed by atoms with Gasteiger partial charge in [0.2, 0.25) is 5.91 Å². The van der Waals surface area contributed by atoms with Crippen molar-refractivity contribution in [3.05, 3.63) is 34.2 Å². The Hall–Kier alpha value is -1.89. The minimum absolute atomic E-state index is 0.0233. The van der Waals surface area contributed by atoms with Gasteiger partial charge in [-0.2, -0.15) is 0 Å². The number of pyridine rings is 1. The Balaban J connectivity index is 1.31. The number of likely N-dealkylation sites (tertiary alicyclic amines) is 1. The van der Waals surface area contributed by atoms with Crippen LogP contribution in [-0.2, 0) is 11.3 Å². The summed E-state index contributed by atoms with van der Waals surface area (Å²) in [5.41, 5.74) is 1.20. The molecule has 2 bridgehead atoms. The number of carbonyl (C=O) groups is 1. The molecule has 28 heavy (non-hydrogen) atoms. The van der Waals surface area contributed by atoms with Gasteiger partial charge >= 0.3 is 0 Å². The van der Waals surface area contributed by atoms with Crippen molar-refractivity contribution in [2.75, 3.05) is 19.6 Å². The molecule has 3 heterocycles. The number of fused-ring (bicyclic) bond motifs is 4. The van der Waals surface area contributed by atoms with E-state index in [9.17, 15) is 9.59 Å². The quantitative estimate of drug-likeness (QED) is 0.756. The third-order valence-corrected chi connectivity index (χ3v) is 7.03. The summed E-state index contributed by atoms with van der Waals surface area (Å²) in [6, 6.07) is 5.84. The van der Waals surface area contributed by atoms with Crippen molar-refractivity contribution in [2.24, 2.45) is 11.8 Å². The van der Waals surface area contributed by atoms with Gasteiger partial charge in [-0.3, -0.25) is 9.59 Å². The van der Waals surface area contributed by atoms with Crippen molar-refractivity contribution in [2.45, 2.75) is 57.5 Å². The molecule has 2 N–H and O–H groups in total. The van der Waals surface area contributed by atoms with E-state index >= 15 is 0 Å². The number of thiocarbonyl (C=S) groups is 1. The Bertz CT molecular complexity index is 808. The van der Waals surface area contributed by atoms with E-state index in [0.29, 0.717) is 28.9 Å². The van der Waals surface area contributed by atoms with Crippen LogP contribution in [0.15, 0.2) is 23.0 Å². The van der Waals surface area contributed by atoms with Crippen LogP contribution in [0.4, 0.5) is 0 Å². The van der Waals surface area contributed by atoms with E-state index in [1.54, 1.807) is 6.07 Å². The summed E-state index contributed by atoms with van der Waals surface area (Å²) in [5, 5.41) is 6.97. The number of hydrogen-bond acceptors (Lipinski definition) is 3. The minimum Gasteiger partial charge on any atom is -0.354 e. The van der Waals surface area contributed by atoms with Crippen LogP contribution in [0.3, 0.4) is 0 Å². The summed E-state index contributed by atoms with van der Waals surface area (Å²) in [4.78, 5) is 26.7. The molecule has 2 aliphatic heterocycles. The second-order valence-electron chi connectivity index (χ2n) is 8.70. The number of nitrogens with one attached hydrogen (secondary N) is 2. The summed E-state index contributed by atoms with van der Waals surface area (Å²) in [5.74, 6) is 1.31. The molecule has 0 aromatic carbocycles. The zero-order valence-corrected chi connectivity index (χ0v) is 17.3. The van der Waals surface area contributed by atoms with Crippen LogP contribution < -0.4 is 16.2 Å². The SMILES string of the molecule is C[C@@H]1CCCC[C@@H]1NC(=O)CNC(=S)N1C[C@H]2C[C@@H](C1)c1cccc(=O)n1C2. The number of carbonyl (C=O) groups excluding carboxylic acids is 1. The van der Waals surface area contributed by atoms with Gasteiger partial charge in [0, 0.05) is 43.4 Å². The van der Waals surface area contributed by atoms with Crippen LogP contribution in [-0.4, -0.2) is 46.2 Å². The van der Waals surface area contributed by atoms with Gasteiger partial charge in [-0.1, -0.05) is 25.8 Å². The van der Waals surface area contributed by atoms with Crippen LogP contribution in [0.2, 0.25) is 0 Å². The monoisotopic (exact) mass is 402 g/mol. The third-order valence-electron chi connectivity index (χ3n) is 6.62. The van der Waals surface area contributed by atoms with E-state index in [-0.39, 0.29) is 18.0 Å². The van der Waals surface area contributed by atoms with Gasteiger partial charge in [-0.15, -0.1) is 0 Å². The third kappa shape index (κ3) is 4.09. The van der Waals surface area contributed by atoms with Crippen molar-refractivity contribution < 1.29 is 4.79 Å². The van der Waals surface area contributed by atoms with Crippen molar-refractivity contribution in [1.29, 1.82) is 0 Å². The maximum atomic E-state index is 12.4. The molecular weight excluding hydrogens is 372 g/mol. The van der Waals surface area contributed by atoms with Crippen LogP contribution in [0, 0.1) is 11.8 Å². The Kier molecular flexibility index (Phi) is 5.71. The maximum Gasteiger partial charge on any atom is 0.250 e. The van der Waals surface area contributed by atoms with Crippen molar-refractivity contribution in [3.63, 3.8) is 0 Å². The largest absolute Gasteiger partial charge is 0.354 e. The smallest absolute Gasteiger partial charge is 0.250 e. The lowest BCUT2D eigenvalue weighted by Crippen LogP contribution is -2.53. The molecule has 3 aliphatic rings. The second kappa shape index (κ2) is 8.23. The Morgan fingerprint density at radius 3 is 2.86 bits per heavy atom. The average Bonchev–Trinajstić information content (AvgIpc) is 2.68. The van der Waals surface area contributed by atoms with Gasteiger partial charge in [0.25, 0.3) is 5.56 Å². The normalized spacial score (nSPS) is 29.0. The lowest BCUT2D eigenvalue weighted by atomic mass is 9.83. The van der Waals surface area contributed by atoms with Crippen LogP contribution >= 0.6 is 12.2 Å². The molecule has 6 nitrogen and oxygen atoms in total. The van der Waals surface area contributed by atoms with Crippen molar-refractivity contribution >= 4 is 23.2 Å². The molecule has 2 fully saturated rings. The average molecular weight is 403 g/mol. The molecule has 1 aromatic rings. The fourth-order valence-electron chi connectivity index (χ4n) is 5.12. The van der Waals surface area contributed by atoms with Gasteiger partial charge < -0.3 is 20.1 Å². The molecule has 7 heteroatoms. The number of rotatable bonds is 3. The summed E-state index contributed by atoms with van der Waals surface area (Å²) in [6.07, 6.45) is 5.83. The van der Waals surface area contributed by atoms with Crippen molar-refractivity contribution in [1.82, 2.24) is 20.1 Å². The molecular formula is C21H30N4O2S. The zero-order chi connectivity index (χ0) is 19.7. The number of amides is 1. The first-order valence-corrected chi connectivity index (χ1v) is 10.9. The fourth-order valence-corrected chi connectivity index (χ4v) is 5.34. The highest BCUT2D eigenvalue weighted by Crippen LogP contribution is 2.34. The number of hydrogen-bond donors (Lipinski definition) is 2. The van der Waals surface area contributed by atoms with Gasteiger partial charge in [-0.25, -0.2) is 0 Å². The van der Waals surface area contributed by atoms with E-state index in [1.807, 2.05) is 10.6 Å². The van der Waals surface area contributed by atoms with E-state index in [1.165, 1.54) is 19.3 Å². The minimum atomic E-state index is 0.0233. The Morgan fingerprint density at radius 2 is 2.04 bits per heavy atom. The molecule has 4 atom stereocenters. The lowest BCUT2D eigenvalue weighted by Gasteiger charge is -2.43. The number of nitrogens with zero attached hydrogens (tertiary/aromatic N) is 2. The Morgan fingerprint density at radius 1 is 1.21 bits per heavy atom. The fraction of sp³-hybridized carbons (Fsp3) is 0.667. The summed E-state index contributed by atoms with van der Waals surface area (Å²) in [6.45, 7) is 4.84. The predicted octanol–water partition coefficient (Wildman–Crippen LogP) is 1.84. The van der Waals surface area contributed by atoms with Gasteiger partial charge in [0.1, 0.15) is 0 Å². The number of piperidine rings is 1. The van der Waals surface area contributed by atoms with E-state index in [0.717, 1.165) is 38.2 Å². The molecule has 1 saturated carbocycles. The van der Waals surface area contributed by atoms with E-state index < -0.39 is 0 Å². The Labute approximate surface area is 171 Å². The van der Waals surface area contributed by atoms with Crippen molar-refractivity contribution in [3.8, 4) is 0 Å². The van der Waals surface area contributed by atoms with Gasteiger partial charge in [0.15, 0.2) is 5.11 Å². The summed E-state index contributed by atoms with van der Waals surface area (Å²) < 4.78 is 1.92. The summed E-state index contributed by atoms with van der Waals surface area (Å²) in [7, 11) is 0. The molecule has 0 unspecified atom stereocenters. The van der Waals surface area contributed by atoms with E-state index in [2.05, 4.69) is 28.5 Å². The molecule has 4 rings (SSSR count). The van der Waals surface area contributed by atoms with Gasteiger partial charge in [0.05, 0.1) is 6.54 Å². The lowest BCUT2D eigenvalue weighted by molar-refractivity contribution is -0.121. The zero-order valence-electron chi connectivity index (χ0n) is 16.5. The van der Waals surface area contributed by atoms with Crippen LogP contribution in [0.1, 0.15) is 50.6 Å². The topological polar surface area (TPSA) is 66.4 Å². The summed E-state index contributed by atoms with van der Waals surface area (Å²) >= 11 is 5.59. The highest BCUT2D eigenvalue weighted by atomic mass is 32.1. The number of aromatic nitrogens is 1. The van der Waals surface area contributed by atoms with Gasteiger partial charge in [-0.05, 0) is 49.4 Å². The first-order chi connectivity index (χ1) is 13.5. The maximum absolute atomic E-state index is 12.4. The molecule has 1 amide bonds. The highest BCUT2D eigenvalue weighted by molar-refractivity contribution is 7.80. The van der Waals surface area contributed by atoms with Crippen LogP contribution in [0.5, 0.6) is 0 Å². The highest BCUT2D eigenvalue weighted by Gasteiger charge is 2.35. The molecule has 0 radical (unpaired) electrons. The second-order valence-corrected chi connectivity index (χ2v) is 9.08.